The van der Waals surface area contributed by atoms with Crippen molar-refractivity contribution in [2.75, 3.05) is 6.61 Å². The van der Waals surface area contributed by atoms with E-state index >= 15 is 0 Å². The fourth-order valence-corrected chi connectivity index (χ4v) is 10.5. The zero-order chi connectivity index (χ0) is 29.3. The number of β-lactam (4-membered cyclic amide) rings is 1. The van der Waals surface area contributed by atoms with E-state index in [4.69, 9.17) is 48.9 Å². The molecular formula is C26H34Cl3N2O4S3Si. The van der Waals surface area contributed by atoms with Gasteiger partial charge < -0.3 is 14.1 Å². The number of ether oxygens (including phenoxy) is 1. The molecule has 1 radical (unpaired) electrons. The zero-order valence-electron chi connectivity index (χ0n) is 23.0. The first-order chi connectivity index (χ1) is 18.0. The minimum Gasteiger partial charge on any atom is -0.459 e. The van der Waals surface area contributed by atoms with Gasteiger partial charge in [-0.2, -0.15) is 0 Å². The van der Waals surface area contributed by atoms with Crippen molar-refractivity contribution in [2.45, 2.75) is 79.3 Å². The molecular weight excluding hydrogens is 635 g/mol. The molecule has 1 aromatic carbocycles. The lowest BCUT2D eigenvalue weighted by molar-refractivity contribution is -0.188. The molecule has 3 rings (SSSR count). The van der Waals surface area contributed by atoms with Gasteiger partial charge in [0.25, 0.3) is 0 Å². The van der Waals surface area contributed by atoms with Gasteiger partial charge in [-0.3, -0.25) is 4.79 Å². The third-order valence-corrected chi connectivity index (χ3v) is 11.7. The monoisotopic (exact) mass is 667 g/mol. The largest absolute Gasteiger partial charge is 0.459 e. The maximum Gasteiger partial charge on any atom is 0.333 e. The molecule has 0 spiro atoms. The standard InChI is InChI=1S/C26H34Cl3N2O4S3Si/c1-9-25(24(4,5)6,35-39(7)8)18-20(32)31(19(15(2)3)22(33)34-14-26(27,28)29)21(18)37-38-23-30-16-12-10-11-13-17(16)36-23/h10-13,18-19,21H,2,9,14H2,1,3-8H3/t18-,19?,21-,25?/m1/s1. The predicted octanol–water partition coefficient (Wildman–Crippen LogP) is 8.14. The highest BCUT2D eigenvalue weighted by atomic mass is 35.6. The first-order valence-electron chi connectivity index (χ1n) is 12.4. The second-order valence-electron chi connectivity index (χ2n) is 10.7. The fraction of sp³-hybridized carbons (Fsp3) is 0.577. The van der Waals surface area contributed by atoms with Gasteiger partial charge in [-0.25, -0.2) is 9.78 Å². The SMILES string of the molecule is C=C(C)C(C(=O)OCC(Cl)(Cl)Cl)N1C(=O)[C@@H](C(CC)(O[Si](C)C)C(C)(C)C)[C@H]1SSc1nc2ccccc2s1. The van der Waals surface area contributed by atoms with Gasteiger partial charge in [-0.05, 0) is 60.4 Å². The summed E-state index contributed by atoms with van der Waals surface area (Å²) < 4.78 is 12.2. The van der Waals surface area contributed by atoms with Gasteiger partial charge in [-0.15, -0.1) is 11.3 Å². The minimum atomic E-state index is -1.77. The normalized spacial score (nSPS) is 20.6. The van der Waals surface area contributed by atoms with E-state index in [1.54, 1.807) is 23.2 Å². The molecule has 2 heterocycles. The molecule has 1 amide bonds. The Balaban J connectivity index is 2.02. The average Bonchev–Trinajstić information content (AvgIpc) is 3.23. The van der Waals surface area contributed by atoms with Crippen molar-refractivity contribution in [2.24, 2.45) is 11.3 Å². The number of alkyl halides is 3. The van der Waals surface area contributed by atoms with E-state index in [2.05, 4.69) is 47.4 Å². The number of halogens is 3. The van der Waals surface area contributed by atoms with Gasteiger partial charge in [0, 0.05) is 0 Å². The van der Waals surface area contributed by atoms with Gasteiger partial charge >= 0.3 is 5.97 Å². The second kappa shape index (κ2) is 12.8. The molecule has 2 unspecified atom stereocenters. The Bertz CT molecular complexity index is 1180. The zero-order valence-corrected chi connectivity index (χ0v) is 28.8. The lowest BCUT2D eigenvalue weighted by atomic mass is 9.64. The Hall–Kier alpha value is -0.463. The third-order valence-electron chi connectivity index (χ3n) is 6.60. The molecule has 13 heteroatoms. The van der Waals surface area contributed by atoms with Crippen molar-refractivity contribution in [3.63, 3.8) is 0 Å². The van der Waals surface area contributed by atoms with Gasteiger partial charge in [0.05, 0.1) is 21.7 Å². The van der Waals surface area contributed by atoms with Crippen molar-refractivity contribution in [1.29, 1.82) is 0 Å². The first-order valence-corrected chi connectivity index (χ1v) is 19.0. The maximum atomic E-state index is 14.1. The molecule has 0 N–H and O–H groups in total. The molecule has 1 fully saturated rings. The van der Waals surface area contributed by atoms with Crippen molar-refractivity contribution < 1.29 is 18.8 Å². The van der Waals surface area contributed by atoms with Crippen molar-refractivity contribution in [3.8, 4) is 0 Å². The van der Waals surface area contributed by atoms with Crippen LogP contribution in [0, 0.1) is 11.3 Å². The number of amides is 1. The molecule has 6 nitrogen and oxygen atoms in total. The van der Waals surface area contributed by atoms with Crippen LogP contribution in [0.25, 0.3) is 10.2 Å². The highest BCUT2D eigenvalue weighted by molar-refractivity contribution is 8.77. The number of para-hydroxylation sites is 1. The van der Waals surface area contributed by atoms with Crippen molar-refractivity contribution >= 4 is 98.9 Å². The molecule has 2 aromatic rings. The summed E-state index contributed by atoms with van der Waals surface area (Å²) >= 11 is 19.1. The molecule has 0 bridgehead atoms. The predicted molar refractivity (Wildman–Crippen MR) is 168 cm³/mol. The molecule has 1 aromatic heterocycles. The number of thiazole rings is 1. The van der Waals surface area contributed by atoms with Gasteiger partial charge in [0.15, 0.2) is 10.4 Å². The Morgan fingerprint density at radius 2 is 1.90 bits per heavy atom. The molecule has 1 aliphatic rings. The maximum absolute atomic E-state index is 14.1. The van der Waals surface area contributed by atoms with E-state index in [1.165, 1.54) is 21.6 Å². The number of likely N-dealkylation sites (tertiary alicyclic amines) is 1. The number of carbonyl (C=O) groups is 2. The van der Waals surface area contributed by atoms with Crippen LogP contribution in [-0.4, -0.2) is 58.2 Å². The summed E-state index contributed by atoms with van der Waals surface area (Å²) in [6.45, 7) is 17.8. The molecule has 4 atom stereocenters. The molecule has 39 heavy (non-hydrogen) atoms. The summed E-state index contributed by atoms with van der Waals surface area (Å²) in [5, 5.41) is -0.419. The summed E-state index contributed by atoms with van der Waals surface area (Å²) in [6.07, 6.45) is 0.634. The summed E-state index contributed by atoms with van der Waals surface area (Å²) in [5.74, 6) is -1.38. The molecule has 1 saturated heterocycles. The van der Waals surface area contributed by atoms with Crippen LogP contribution in [0.2, 0.25) is 13.1 Å². The highest BCUT2D eigenvalue weighted by Crippen LogP contribution is 2.56. The van der Waals surface area contributed by atoms with E-state index in [0.717, 1.165) is 14.6 Å². The number of carbonyl (C=O) groups excluding carboxylic acids is 2. The topological polar surface area (TPSA) is 68.7 Å². The number of hydrogen-bond acceptors (Lipinski definition) is 8. The Morgan fingerprint density at radius 1 is 1.26 bits per heavy atom. The number of fused-ring (bicyclic) bond motifs is 1. The van der Waals surface area contributed by atoms with Crippen LogP contribution in [0.15, 0.2) is 40.8 Å². The molecule has 215 valence electrons. The van der Waals surface area contributed by atoms with Crippen molar-refractivity contribution in [1.82, 2.24) is 9.88 Å². The lowest BCUT2D eigenvalue weighted by Gasteiger charge is -2.60. The van der Waals surface area contributed by atoms with Crippen LogP contribution in [0.4, 0.5) is 0 Å². The fourth-order valence-electron chi connectivity index (χ4n) is 4.92. The van der Waals surface area contributed by atoms with Crippen LogP contribution in [0.1, 0.15) is 41.0 Å². The minimum absolute atomic E-state index is 0.184. The highest BCUT2D eigenvalue weighted by Gasteiger charge is 2.65. The first kappa shape index (κ1) is 33.0. The van der Waals surface area contributed by atoms with E-state index < -0.39 is 48.3 Å². The van der Waals surface area contributed by atoms with E-state index in [1.807, 2.05) is 24.3 Å². The molecule has 1 aliphatic heterocycles. The Kier molecular flexibility index (Phi) is 10.9. The van der Waals surface area contributed by atoms with Gasteiger partial charge in [0.2, 0.25) is 18.7 Å². The number of rotatable bonds is 11. The van der Waals surface area contributed by atoms with Crippen LogP contribution in [0.3, 0.4) is 0 Å². The van der Waals surface area contributed by atoms with Crippen molar-refractivity contribution in [3.05, 3.63) is 36.4 Å². The number of nitrogens with zero attached hydrogens (tertiary/aromatic N) is 2. The van der Waals surface area contributed by atoms with E-state index in [-0.39, 0.29) is 11.3 Å². The Morgan fingerprint density at radius 3 is 2.41 bits per heavy atom. The van der Waals surface area contributed by atoms with E-state index in [0.29, 0.717) is 12.0 Å². The van der Waals surface area contributed by atoms with Crippen LogP contribution in [-0.2, 0) is 18.8 Å². The summed E-state index contributed by atoms with van der Waals surface area (Å²) in [7, 11) is 1.81. The van der Waals surface area contributed by atoms with Gasteiger partial charge in [0.1, 0.15) is 12.0 Å². The summed E-state index contributed by atoms with van der Waals surface area (Å²) in [4.78, 5) is 33.6. The summed E-state index contributed by atoms with van der Waals surface area (Å²) in [5.41, 5.74) is 0.278. The number of benzene rings is 1. The Labute approximate surface area is 259 Å². The quantitative estimate of drug-likeness (QED) is 0.0598. The number of aromatic nitrogens is 1. The van der Waals surface area contributed by atoms with Gasteiger partial charge in [-0.1, -0.05) is 92.0 Å². The average molecular weight is 669 g/mol. The second-order valence-corrected chi connectivity index (χ2v) is 18.8. The number of hydrogen-bond donors (Lipinski definition) is 0. The van der Waals surface area contributed by atoms with Crippen LogP contribution in [0.5, 0.6) is 0 Å². The molecule has 0 saturated carbocycles. The third kappa shape index (κ3) is 7.31. The van der Waals surface area contributed by atoms with E-state index in [9.17, 15) is 9.59 Å². The summed E-state index contributed by atoms with van der Waals surface area (Å²) in [6, 6.07) is 6.91. The van der Waals surface area contributed by atoms with Crippen LogP contribution >= 0.6 is 67.7 Å². The smallest absolute Gasteiger partial charge is 0.333 e. The lowest BCUT2D eigenvalue weighted by Crippen LogP contribution is -2.74. The number of esters is 1. The van der Waals surface area contributed by atoms with Crippen LogP contribution < -0.4 is 0 Å². The molecule has 0 aliphatic carbocycles.